The van der Waals surface area contributed by atoms with Crippen molar-refractivity contribution in [2.45, 2.75) is 97.4 Å². The average molecular weight is 505 g/mol. The van der Waals surface area contributed by atoms with E-state index in [0.29, 0.717) is 32.1 Å². The maximum atomic E-state index is 13.3. The first-order valence-corrected chi connectivity index (χ1v) is 12.9. The van der Waals surface area contributed by atoms with Crippen molar-refractivity contribution in [2.24, 2.45) is 11.8 Å². The lowest BCUT2D eigenvalue weighted by Gasteiger charge is -2.32. The summed E-state index contributed by atoms with van der Waals surface area (Å²) in [6.45, 7) is 11.5. The van der Waals surface area contributed by atoms with Crippen LogP contribution in [0.15, 0.2) is 30.3 Å². The van der Waals surface area contributed by atoms with Crippen molar-refractivity contribution in [3.05, 3.63) is 35.9 Å². The molecule has 0 bridgehead atoms. The van der Waals surface area contributed by atoms with Crippen LogP contribution in [0.2, 0.25) is 0 Å². The number of esters is 1. The number of nitrogens with zero attached hydrogens (tertiary/aromatic N) is 2. The molecular formula is C28H44N2O6. The van der Waals surface area contributed by atoms with E-state index in [0.717, 1.165) is 5.56 Å². The lowest BCUT2D eigenvalue weighted by molar-refractivity contribution is -0.145. The van der Waals surface area contributed by atoms with Crippen molar-refractivity contribution in [1.82, 2.24) is 9.80 Å². The smallest absolute Gasteiger partial charge is 0.411 e. The fourth-order valence-electron chi connectivity index (χ4n) is 4.89. The number of carboxylic acids is 1. The fourth-order valence-corrected chi connectivity index (χ4v) is 4.89. The minimum Gasteiger partial charge on any atom is -0.480 e. The SMILES string of the molecule is COC(=O)[C@H](C)CCC[C@H]1[C@H](Cc2ccccc2)N(C(=O)OC(C)(C)C)CN1[C@@H](CC(C)C)C(=O)O. The maximum absolute atomic E-state index is 13.3. The molecule has 1 fully saturated rings. The van der Waals surface area contributed by atoms with Crippen LogP contribution in [0, 0.1) is 11.8 Å². The van der Waals surface area contributed by atoms with Crippen LogP contribution in [-0.2, 0) is 25.5 Å². The molecule has 1 aliphatic rings. The van der Waals surface area contributed by atoms with Crippen LogP contribution in [-0.4, -0.2) is 70.4 Å². The Morgan fingerprint density at radius 2 is 1.72 bits per heavy atom. The maximum Gasteiger partial charge on any atom is 0.411 e. The summed E-state index contributed by atoms with van der Waals surface area (Å²) in [6.07, 6.45) is 2.61. The zero-order chi connectivity index (χ0) is 27.0. The Morgan fingerprint density at radius 3 is 2.25 bits per heavy atom. The normalized spacial score (nSPS) is 20.3. The predicted molar refractivity (Wildman–Crippen MR) is 138 cm³/mol. The molecule has 2 rings (SSSR count). The quantitative estimate of drug-likeness (QED) is 0.426. The molecule has 0 aliphatic carbocycles. The molecule has 1 aromatic carbocycles. The number of amides is 1. The summed E-state index contributed by atoms with van der Waals surface area (Å²) in [5, 5.41) is 10.2. The van der Waals surface area contributed by atoms with Crippen LogP contribution in [0.3, 0.4) is 0 Å². The molecule has 0 unspecified atom stereocenters. The third-order valence-electron chi connectivity index (χ3n) is 6.62. The number of rotatable bonds is 11. The highest BCUT2D eigenvalue weighted by Crippen LogP contribution is 2.33. The highest BCUT2D eigenvalue weighted by molar-refractivity contribution is 5.74. The molecule has 1 aliphatic heterocycles. The molecule has 202 valence electrons. The molecule has 1 saturated heterocycles. The van der Waals surface area contributed by atoms with Gasteiger partial charge < -0.3 is 14.6 Å². The first-order chi connectivity index (χ1) is 16.8. The molecule has 4 atom stereocenters. The van der Waals surface area contributed by atoms with Gasteiger partial charge in [0.1, 0.15) is 11.6 Å². The molecule has 0 radical (unpaired) electrons. The molecule has 36 heavy (non-hydrogen) atoms. The summed E-state index contributed by atoms with van der Waals surface area (Å²) in [5.41, 5.74) is 0.402. The van der Waals surface area contributed by atoms with Gasteiger partial charge in [0.15, 0.2) is 0 Å². The van der Waals surface area contributed by atoms with Gasteiger partial charge in [0, 0.05) is 6.04 Å². The van der Waals surface area contributed by atoms with Gasteiger partial charge in [-0.3, -0.25) is 19.4 Å². The molecule has 0 saturated carbocycles. The molecule has 1 aromatic rings. The van der Waals surface area contributed by atoms with Crippen LogP contribution in [0.1, 0.15) is 72.8 Å². The van der Waals surface area contributed by atoms with Crippen LogP contribution < -0.4 is 0 Å². The van der Waals surface area contributed by atoms with Gasteiger partial charge >= 0.3 is 18.0 Å². The number of carboxylic acid groups (broad SMARTS) is 1. The topological polar surface area (TPSA) is 96.4 Å². The molecular weight excluding hydrogens is 460 g/mol. The van der Waals surface area contributed by atoms with Gasteiger partial charge in [-0.25, -0.2) is 4.79 Å². The lowest BCUT2D eigenvalue weighted by Crippen LogP contribution is -2.47. The number of hydrogen-bond acceptors (Lipinski definition) is 6. The van der Waals surface area contributed by atoms with Gasteiger partial charge in [-0.15, -0.1) is 0 Å². The van der Waals surface area contributed by atoms with Crippen LogP contribution >= 0.6 is 0 Å². The van der Waals surface area contributed by atoms with Crippen LogP contribution in [0.4, 0.5) is 4.79 Å². The van der Waals surface area contributed by atoms with E-state index in [-0.39, 0.29) is 36.6 Å². The first-order valence-electron chi connectivity index (χ1n) is 12.9. The highest BCUT2D eigenvalue weighted by atomic mass is 16.6. The van der Waals surface area contributed by atoms with Crippen LogP contribution in [0.25, 0.3) is 0 Å². The van der Waals surface area contributed by atoms with Crippen LogP contribution in [0.5, 0.6) is 0 Å². The Balaban J connectivity index is 2.42. The van der Waals surface area contributed by atoms with E-state index < -0.39 is 23.7 Å². The van der Waals surface area contributed by atoms with Crippen molar-refractivity contribution >= 4 is 18.0 Å². The number of ether oxygens (including phenoxy) is 2. The number of methoxy groups -OCH3 is 1. The molecule has 1 N–H and O–H groups in total. The molecule has 8 heteroatoms. The molecule has 0 aromatic heterocycles. The summed E-state index contributed by atoms with van der Waals surface area (Å²) in [6, 6.07) is 8.75. The third-order valence-corrected chi connectivity index (χ3v) is 6.62. The molecule has 8 nitrogen and oxygen atoms in total. The van der Waals surface area contributed by atoms with Gasteiger partial charge in [0.2, 0.25) is 0 Å². The van der Waals surface area contributed by atoms with Gasteiger partial charge in [0.25, 0.3) is 0 Å². The van der Waals surface area contributed by atoms with Crippen molar-refractivity contribution < 1.29 is 29.0 Å². The zero-order valence-electron chi connectivity index (χ0n) is 22.9. The summed E-state index contributed by atoms with van der Waals surface area (Å²) in [7, 11) is 1.38. The molecule has 1 amide bonds. The fraction of sp³-hybridized carbons (Fsp3) is 0.679. The Bertz CT molecular complexity index is 867. The Morgan fingerprint density at radius 1 is 1.08 bits per heavy atom. The van der Waals surface area contributed by atoms with Gasteiger partial charge in [-0.1, -0.05) is 57.5 Å². The standard InChI is InChI=1S/C28H44N2O6/c1-19(2)16-24(25(31)32)29-18-30(27(34)36-28(4,5)6)23(17-21-13-9-8-10-14-21)22(29)15-11-12-20(3)26(33)35-7/h8-10,13-14,19-20,22-24H,11-12,15-18H2,1-7H3,(H,31,32)/t20-,22+,23+,24+/m1/s1. The first kappa shape index (κ1) is 29.6. The second kappa shape index (κ2) is 13.1. The van der Waals surface area contributed by atoms with Gasteiger partial charge in [-0.05, 0) is 57.9 Å². The Hall–Kier alpha value is -2.61. The highest BCUT2D eigenvalue weighted by Gasteiger charge is 2.47. The van der Waals surface area contributed by atoms with E-state index in [2.05, 4.69) is 0 Å². The summed E-state index contributed by atoms with van der Waals surface area (Å²) in [5.74, 6) is -1.21. The van der Waals surface area contributed by atoms with E-state index in [4.69, 9.17) is 9.47 Å². The number of aliphatic carboxylic acids is 1. The van der Waals surface area contributed by atoms with E-state index >= 15 is 0 Å². The second-order valence-electron chi connectivity index (χ2n) is 11.3. The largest absolute Gasteiger partial charge is 0.480 e. The second-order valence-corrected chi connectivity index (χ2v) is 11.3. The van der Waals surface area contributed by atoms with Gasteiger partial charge in [-0.2, -0.15) is 0 Å². The van der Waals surface area contributed by atoms with Crippen molar-refractivity contribution in [3.63, 3.8) is 0 Å². The monoisotopic (exact) mass is 504 g/mol. The number of carbonyl (C=O) groups is 3. The lowest BCUT2D eigenvalue weighted by atomic mass is 9.92. The summed E-state index contributed by atoms with van der Waals surface area (Å²) >= 11 is 0. The number of benzene rings is 1. The van der Waals surface area contributed by atoms with Gasteiger partial charge in [0.05, 0.1) is 25.7 Å². The summed E-state index contributed by atoms with van der Waals surface area (Å²) in [4.78, 5) is 41.3. The minimum atomic E-state index is -0.888. The van der Waals surface area contributed by atoms with E-state index in [9.17, 15) is 19.5 Å². The number of hydrogen-bond donors (Lipinski definition) is 1. The van der Waals surface area contributed by atoms with Crippen molar-refractivity contribution in [3.8, 4) is 0 Å². The molecule has 1 heterocycles. The van der Waals surface area contributed by atoms with E-state index in [1.165, 1.54) is 7.11 Å². The Kier molecular flexibility index (Phi) is 10.8. The van der Waals surface area contributed by atoms with Crippen molar-refractivity contribution in [1.29, 1.82) is 0 Å². The predicted octanol–water partition coefficient (Wildman–Crippen LogP) is 4.96. The minimum absolute atomic E-state index is 0.175. The van der Waals surface area contributed by atoms with E-state index in [1.807, 2.05) is 76.8 Å². The van der Waals surface area contributed by atoms with E-state index in [1.54, 1.807) is 4.90 Å². The zero-order valence-corrected chi connectivity index (χ0v) is 22.9. The number of carbonyl (C=O) groups excluding carboxylic acids is 2. The third kappa shape index (κ3) is 8.50. The Labute approximate surface area is 215 Å². The average Bonchev–Trinajstić information content (AvgIpc) is 3.14. The van der Waals surface area contributed by atoms with Crippen molar-refractivity contribution in [2.75, 3.05) is 13.8 Å². The molecule has 0 spiro atoms. The summed E-state index contributed by atoms with van der Waals surface area (Å²) < 4.78 is 10.6.